The average Bonchev–Trinajstić information content (AvgIpc) is 2.76. The van der Waals surface area contributed by atoms with Crippen LogP contribution in [0, 0.1) is 11.8 Å². The van der Waals surface area contributed by atoms with Crippen LogP contribution < -0.4 is 10.1 Å². The van der Waals surface area contributed by atoms with Gasteiger partial charge in [-0.1, -0.05) is 36.4 Å². The van der Waals surface area contributed by atoms with Crippen LogP contribution in [0.1, 0.15) is 23.5 Å². The first-order chi connectivity index (χ1) is 14.4. The van der Waals surface area contributed by atoms with Gasteiger partial charge >= 0.3 is 12.1 Å². The fourth-order valence-corrected chi connectivity index (χ4v) is 4.20. The molecule has 2 heterocycles. The number of fused-ring (bicyclic) bond motifs is 2. The number of piperidine rings is 1. The van der Waals surface area contributed by atoms with Crippen molar-refractivity contribution >= 4 is 18.0 Å². The van der Waals surface area contributed by atoms with E-state index in [9.17, 15) is 24.6 Å². The van der Waals surface area contributed by atoms with Crippen LogP contribution in [0.3, 0.4) is 0 Å². The number of likely N-dealkylation sites (tertiary alicyclic amines) is 1. The Morgan fingerprint density at radius 1 is 0.933 bits per heavy atom. The molecule has 0 radical (unpaired) electrons. The van der Waals surface area contributed by atoms with E-state index in [4.69, 9.17) is 4.74 Å². The summed E-state index contributed by atoms with van der Waals surface area (Å²) in [6.07, 6.45) is -1.10. The lowest BCUT2D eigenvalue weighted by molar-refractivity contribution is -0.144. The number of ether oxygens (including phenoxy) is 1. The van der Waals surface area contributed by atoms with E-state index in [2.05, 4.69) is 5.32 Å². The Hall–Kier alpha value is -3.55. The molecule has 2 atom stereocenters. The fourth-order valence-electron chi connectivity index (χ4n) is 4.20. The van der Waals surface area contributed by atoms with Gasteiger partial charge in [-0.25, -0.2) is 4.79 Å². The Morgan fingerprint density at radius 2 is 1.50 bits per heavy atom. The summed E-state index contributed by atoms with van der Waals surface area (Å²) in [6, 6.07) is 15.3. The van der Waals surface area contributed by atoms with Crippen molar-refractivity contribution in [3.05, 3.63) is 59.7 Å². The van der Waals surface area contributed by atoms with Gasteiger partial charge in [-0.15, -0.1) is 0 Å². The lowest BCUT2D eigenvalue weighted by atomic mass is 9.86. The monoisotopic (exact) mass is 410 g/mol. The summed E-state index contributed by atoms with van der Waals surface area (Å²) in [5.41, 5.74) is 1.91. The number of carbonyl (C=O) groups is 3. The molecule has 156 valence electrons. The summed E-state index contributed by atoms with van der Waals surface area (Å²) in [7, 11) is 0. The molecule has 0 saturated carbocycles. The molecular formula is C22H22N2O6. The summed E-state index contributed by atoms with van der Waals surface area (Å²) >= 11 is 0. The van der Waals surface area contributed by atoms with E-state index in [1.165, 1.54) is 0 Å². The van der Waals surface area contributed by atoms with Gasteiger partial charge < -0.3 is 25.2 Å². The lowest BCUT2D eigenvalue weighted by Crippen LogP contribution is -2.50. The second-order valence-electron chi connectivity index (χ2n) is 7.63. The van der Waals surface area contributed by atoms with E-state index in [0.29, 0.717) is 6.54 Å². The largest absolute Gasteiger partial charge is 0.481 e. The molecule has 2 aromatic carbocycles. The number of carbonyl (C=O) groups excluding carboxylic acids is 1. The highest BCUT2D eigenvalue weighted by molar-refractivity contribution is 5.82. The summed E-state index contributed by atoms with van der Waals surface area (Å²) < 4.78 is 5.96. The van der Waals surface area contributed by atoms with Gasteiger partial charge in [0, 0.05) is 36.7 Å². The number of amides is 2. The molecule has 0 aromatic heterocycles. The minimum atomic E-state index is -1.22. The number of benzene rings is 2. The third-order valence-electron chi connectivity index (χ3n) is 5.73. The van der Waals surface area contributed by atoms with Crippen molar-refractivity contribution in [3.8, 4) is 11.5 Å². The number of nitrogens with one attached hydrogen (secondary N) is 1. The summed E-state index contributed by atoms with van der Waals surface area (Å²) in [6.45, 7) is 0.193. The minimum absolute atomic E-state index is 0.00804. The minimum Gasteiger partial charge on any atom is -0.481 e. The fraction of sp³-hybridized carbons (Fsp3) is 0.318. The lowest BCUT2D eigenvalue weighted by Gasteiger charge is -2.34. The van der Waals surface area contributed by atoms with E-state index >= 15 is 0 Å². The quantitative estimate of drug-likeness (QED) is 0.714. The van der Waals surface area contributed by atoms with Gasteiger partial charge in [0.05, 0.1) is 11.8 Å². The molecule has 4 rings (SSSR count). The summed E-state index contributed by atoms with van der Waals surface area (Å²) in [4.78, 5) is 36.6. The van der Waals surface area contributed by atoms with E-state index in [1.54, 1.807) is 0 Å². The van der Waals surface area contributed by atoms with Gasteiger partial charge in [-0.05, 0) is 18.6 Å². The molecule has 2 aliphatic rings. The van der Waals surface area contributed by atoms with Crippen molar-refractivity contribution in [1.29, 1.82) is 0 Å². The van der Waals surface area contributed by atoms with Crippen molar-refractivity contribution in [3.63, 3.8) is 0 Å². The maximum Gasteiger partial charge on any atom is 0.407 e. The number of nitrogens with zero attached hydrogens (tertiary/aromatic N) is 1. The van der Waals surface area contributed by atoms with Gasteiger partial charge in [0.1, 0.15) is 11.5 Å². The molecular weight excluding hydrogens is 388 g/mol. The maximum absolute atomic E-state index is 12.8. The zero-order chi connectivity index (χ0) is 21.3. The Balaban J connectivity index is 1.51. The molecule has 0 spiro atoms. The van der Waals surface area contributed by atoms with Crippen LogP contribution in [0.15, 0.2) is 48.5 Å². The molecule has 1 saturated heterocycles. The molecule has 2 aromatic rings. The summed E-state index contributed by atoms with van der Waals surface area (Å²) in [5.74, 6) is -1.69. The van der Waals surface area contributed by atoms with Crippen molar-refractivity contribution in [1.82, 2.24) is 10.2 Å². The van der Waals surface area contributed by atoms with E-state index in [1.807, 2.05) is 48.5 Å². The number of carboxylic acid groups (broad SMARTS) is 2. The van der Waals surface area contributed by atoms with Crippen LogP contribution in [-0.4, -0.2) is 52.7 Å². The first-order valence-corrected chi connectivity index (χ1v) is 9.78. The highest BCUT2D eigenvalue weighted by Crippen LogP contribution is 2.43. The third-order valence-corrected chi connectivity index (χ3v) is 5.73. The van der Waals surface area contributed by atoms with Crippen LogP contribution in [0.25, 0.3) is 0 Å². The van der Waals surface area contributed by atoms with Crippen LogP contribution >= 0.6 is 0 Å². The van der Waals surface area contributed by atoms with Gasteiger partial charge in [0.15, 0.2) is 0 Å². The smallest absolute Gasteiger partial charge is 0.407 e. The number of carboxylic acids is 1. The number of para-hydroxylation sites is 2. The zero-order valence-corrected chi connectivity index (χ0v) is 16.2. The number of hydrogen-bond acceptors (Lipinski definition) is 4. The molecule has 2 aliphatic heterocycles. The van der Waals surface area contributed by atoms with Gasteiger partial charge in [0.2, 0.25) is 5.91 Å². The van der Waals surface area contributed by atoms with Crippen molar-refractivity contribution in [2.75, 3.05) is 19.6 Å². The highest BCUT2D eigenvalue weighted by Gasteiger charge is 2.37. The van der Waals surface area contributed by atoms with Crippen LogP contribution in [0.5, 0.6) is 11.5 Å². The number of hydrogen-bond donors (Lipinski definition) is 3. The van der Waals surface area contributed by atoms with Crippen LogP contribution in [0.2, 0.25) is 0 Å². The average molecular weight is 410 g/mol. The molecule has 0 bridgehead atoms. The second-order valence-corrected chi connectivity index (χ2v) is 7.63. The predicted octanol–water partition coefficient (Wildman–Crippen LogP) is 2.74. The first-order valence-electron chi connectivity index (χ1n) is 9.78. The predicted molar refractivity (Wildman–Crippen MR) is 107 cm³/mol. The molecule has 1 fully saturated rings. The maximum atomic E-state index is 12.8. The Bertz CT molecular complexity index is 924. The highest BCUT2D eigenvalue weighted by atomic mass is 16.5. The normalized spacial score (nSPS) is 20.5. The molecule has 0 unspecified atom stereocenters. The Kier molecular flexibility index (Phi) is 5.31. The van der Waals surface area contributed by atoms with E-state index < -0.39 is 23.9 Å². The Morgan fingerprint density at radius 3 is 2.07 bits per heavy atom. The third kappa shape index (κ3) is 3.80. The van der Waals surface area contributed by atoms with Crippen molar-refractivity contribution < 1.29 is 29.3 Å². The van der Waals surface area contributed by atoms with Gasteiger partial charge in [-0.2, -0.15) is 0 Å². The van der Waals surface area contributed by atoms with Crippen molar-refractivity contribution in [2.24, 2.45) is 11.8 Å². The molecule has 3 N–H and O–H groups in total. The van der Waals surface area contributed by atoms with E-state index in [0.717, 1.165) is 27.5 Å². The molecule has 30 heavy (non-hydrogen) atoms. The molecule has 8 nitrogen and oxygen atoms in total. The van der Waals surface area contributed by atoms with Gasteiger partial charge in [0.25, 0.3) is 0 Å². The molecule has 0 aliphatic carbocycles. The van der Waals surface area contributed by atoms with Crippen LogP contribution in [-0.2, 0) is 9.59 Å². The zero-order valence-electron chi connectivity index (χ0n) is 16.2. The molecule has 8 heteroatoms. The van der Waals surface area contributed by atoms with Crippen molar-refractivity contribution in [2.45, 2.75) is 12.3 Å². The number of aliphatic carboxylic acids is 1. The topological polar surface area (TPSA) is 116 Å². The van der Waals surface area contributed by atoms with Crippen LogP contribution in [0.4, 0.5) is 4.79 Å². The SMILES string of the molecule is O=C(O)[C@@H]1C[C@H](C(=O)NCC2c3ccccc3Oc3ccccc32)CN(C(=O)O)C1. The Labute approximate surface area is 173 Å². The first kappa shape index (κ1) is 19.8. The van der Waals surface area contributed by atoms with Gasteiger partial charge in [-0.3, -0.25) is 9.59 Å². The number of rotatable bonds is 4. The molecule has 2 amide bonds. The standard InChI is InChI=1S/C22H22N2O6/c25-20(13-9-14(21(26)27)12-24(11-13)22(28)29)23-10-17-15-5-1-3-7-18(15)30-19-8-4-2-6-16(17)19/h1-8,13-14,17H,9-12H2,(H,23,25)(H,26,27)(H,28,29)/t13-,14+/m0/s1. The second kappa shape index (κ2) is 8.06. The van der Waals surface area contributed by atoms with E-state index in [-0.39, 0.29) is 31.3 Å². The summed E-state index contributed by atoms with van der Waals surface area (Å²) in [5, 5.41) is 21.5.